The fourth-order valence-corrected chi connectivity index (χ4v) is 2.68. The first-order chi connectivity index (χ1) is 16.1. The zero-order valence-electron chi connectivity index (χ0n) is 24.6. The first kappa shape index (κ1) is 41.0. The minimum absolute atomic E-state index is 0.0488. The van der Waals surface area contributed by atoms with Crippen LogP contribution in [0.3, 0.4) is 0 Å². The van der Waals surface area contributed by atoms with Crippen LogP contribution in [0.2, 0.25) is 0 Å². The van der Waals surface area contributed by atoms with Crippen LogP contribution in [-0.4, -0.2) is 41.5 Å². The molecule has 0 aromatic carbocycles. The predicted molar refractivity (Wildman–Crippen MR) is 154 cm³/mol. The molecule has 5 heteroatoms. The third-order valence-corrected chi connectivity index (χ3v) is 3.81. The molecule has 3 heterocycles. The average molecular weight is 467 g/mol. The van der Waals surface area contributed by atoms with Gasteiger partial charge in [0.15, 0.2) is 0 Å². The van der Waals surface area contributed by atoms with Crippen molar-refractivity contribution in [2.24, 2.45) is 0 Å². The summed E-state index contributed by atoms with van der Waals surface area (Å²) in [6.45, 7) is 25.1. The van der Waals surface area contributed by atoms with Gasteiger partial charge in [-0.05, 0) is 6.07 Å². The van der Waals surface area contributed by atoms with Crippen LogP contribution < -0.4 is 4.90 Å². The SMILES string of the molecule is C#C.CC.CC.CC.CC.CC.CCCCCC.CN1CN(C)c2c([nH]c3[nH]ccc23)C1=O. The van der Waals surface area contributed by atoms with Crippen LogP contribution in [0.15, 0.2) is 12.3 Å². The van der Waals surface area contributed by atoms with Gasteiger partial charge in [-0.1, -0.05) is 109 Å². The summed E-state index contributed by atoms with van der Waals surface area (Å²) in [6, 6.07) is 1.99. The van der Waals surface area contributed by atoms with Gasteiger partial charge in [0.1, 0.15) is 11.3 Å². The van der Waals surface area contributed by atoms with E-state index in [4.69, 9.17) is 0 Å². The summed E-state index contributed by atoms with van der Waals surface area (Å²) in [5, 5.41) is 1.08. The van der Waals surface area contributed by atoms with E-state index in [2.05, 4.69) is 41.6 Å². The Balaban J connectivity index is -0.000000123. The molecular weight excluding hydrogens is 408 g/mol. The van der Waals surface area contributed by atoms with Crippen molar-refractivity contribution in [2.75, 3.05) is 25.7 Å². The van der Waals surface area contributed by atoms with E-state index in [-0.39, 0.29) is 5.91 Å². The summed E-state index contributed by atoms with van der Waals surface area (Å²) in [5.74, 6) is 0.0488. The van der Waals surface area contributed by atoms with Gasteiger partial charge < -0.3 is 19.8 Å². The topological polar surface area (TPSA) is 55.1 Å². The molecule has 3 rings (SSSR count). The average Bonchev–Trinajstić information content (AvgIpc) is 3.51. The van der Waals surface area contributed by atoms with Crippen molar-refractivity contribution >= 4 is 22.6 Å². The van der Waals surface area contributed by atoms with Gasteiger partial charge in [0.05, 0.1) is 12.4 Å². The molecule has 0 bridgehead atoms. The lowest BCUT2D eigenvalue weighted by Crippen LogP contribution is -2.42. The number of carbonyl (C=O) groups is 1. The molecule has 33 heavy (non-hydrogen) atoms. The van der Waals surface area contributed by atoms with Crippen LogP contribution in [0.25, 0.3) is 11.0 Å². The number of carbonyl (C=O) groups excluding carboxylic acids is 1. The van der Waals surface area contributed by atoms with E-state index in [1.54, 1.807) is 11.9 Å². The van der Waals surface area contributed by atoms with Gasteiger partial charge in [-0.2, -0.15) is 0 Å². The molecule has 0 radical (unpaired) electrons. The number of unbranched alkanes of at least 4 members (excludes halogenated alkanes) is 3. The van der Waals surface area contributed by atoms with Crippen molar-refractivity contribution in [3.8, 4) is 12.8 Å². The highest BCUT2D eigenvalue weighted by Crippen LogP contribution is 2.33. The van der Waals surface area contributed by atoms with Crippen LogP contribution in [0.4, 0.5) is 5.69 Å². The zero-order chi connectivity index (χ0) is 27.4. The number of aromatic nitrogens is 2. The third-order valence-electron chi connectivity index (χ3n) is 3.81. The number of hydrogen-bond acceptors (Lipinski definition) is 2. The zero-order valence-corrected chi connectivity index (χ0v) is 24.6. The van der Waals surface area contributed by atoms with Gasteiger partial charge >= 0.3 is 0 Å². The van der Waals surface area contributed by atoms with Gasteiger partial charge in [-0.15, -0.1) is 12.8 Å². The quantitative estimate of drug-likeness (QED) is 0.350. The molecule has 0 saturated heterocycles. The Hall–Kier alpha value is -2.35. The van der Waals surface area contributed by atoms with E-state index in [1.165, 1.54) is 25.7 Å². The second kappa shape index (κ2) is 31.8. The smallest absolute Gasteiger partial charge is 0.273 e. The first-order valence-corrected chi connectivity index (χ1v) is 13.1. The standard InChI is InChI=1S/C10H12N4O.C6H14.5C2H6.C2H2/c1-13-5-14(2)10(15)7-8(13)6-3-4-11-9(6)12-7;1-3-5-6-4-2;6*1-2/h3-4,11-12H,5H2,1-2H3;3-6H2,1-2H3;5*1-2H3;1-2H. The lowest BCUT2D eigenvalue weighted by molar-refractivity contribution is 0.0780. The van der Waals surface area contributed by atoms with E-state index >= 15 is 0 Å². The van der Waals surface area contributed by atoms with Crippen LogP contribution in [0.5, 0.6) is 0 Å². The van der Waals surface area contributed by atoms with Crippen molar-refractivity contribution < 1.29 is 4.79 Å². The highest BCUT2D eigenvalue weighted by Gasteiger charge is 2.29. The number of terminal acetylenes is 1. The monoisotopic (exact) mass is 466 g/mol. The number of aromatic amines is 2. The highest BCUT2D eigenvalue weighted by atomic mass is 16.2. The lowest BCUT2D eigenvalue weighted by Gasteiger charge is -2.31. The molecular formula is C28H58N4O. The number of amides is 1. The highest BCUT2D eigenvalue weighted by molar-refractivity contribution is 6.09. The number of fused-ring (bicyclic) bond motifs is 3. The summed E-state index contributed by atoms with van der Waals surface area (Å²) in [5.41, 5.74) is 2.58. The molecule has 2 N–H and O–H groups in total. The molecule has 0 spiro atoms. The fourth-order valence-electron chi connectivity index (χ4n) is 2.68. The number of H-pyrrole nitrogens is 2. The number of hydrogen-bond donors (Lipinski definition) is 2. The molecule has 0 unspecified atom stereocenters. The van der Waals surface area contributed by atoms with Crippen molar-refractivity contribution in [2.45, 2.75) is 109 Å². The Labute approximate surface area is 207 Å². The molecule has 2 aromatic heterocycles. The number of rotatable bonds is 3. The van der Waals surface area contributed by atoms with Crippen molar-refractivity contribution in [1.29, 1.82) is 0 Å². The summed E-state index contributed by atoms with van der Waals surface area (Å²) < 4.78 is 0. The second-order valence-corrected chi connectivity index (χ2v) is 5.66. The molecule has 1 amide bonds. The second-order valence-electron chi connectivity index (χ2n) is 5.66. The molecule has 0 fully saturated rings. The van der Waals surface area contributed by atoms with E-state index in [0.717, 1.165) is 16.7 Å². The van der Waals surface area contributed by atoms with Crippen molar-refractivity contribution in [3.05, 3.63) is 18.0 Å². The molecule has 196 valence electrons. The number of nitrogens with one attached hydrogen (secondary N) is 2. The summed E-state index contributed by atoms with van der Waals surface area (Å²) in [7, 11) is 3.79. The number of nitrogens with zero attached hydrogens (tertiary/aromatic N) is 2. The maximum absolute atomic E-state index is 11.9. The summed E-state index contributed by atoms with van der Waals surface area (Å²) in [6.07, 6.45) is 15.4. The van der Waals surface area contributed by atoms with Crippen LogP contribution in [0, 0.1) is 12.8 Å². The van der Waals surface area contributed by atoms with Crippen LogP contribution >= 0.6 is 0 Å². The molecule has 5 nitrogen and oxygen atoms in total. The first-order valence-electron chi connectivity index (χ1n) is 13.1. The molecule has 0 saturated carbocycles. The van der Waals surface area contributed by atoms with Gasteiger partial charge in [0.25, 0.3) is 5.91 Å². The van der Waals surface area contributed by atoms with Crippen LogP contribution in [-0.2, 0) is 0 Å². The Kier molecular flexibility index (Phi) is 39.5. The Morgan fingerprint density at radius 2 is 1.24 bits per heavy atom. The Bertz CT molecular complexity index is 637. The molecule has 0 aliphatic carbocycles. The largest absolute Gasteiger partial charge is 0.354 e. The van der Waals surface area contributed by atoms with E-state index in [1.807, 2.05) is 88.5 Å². The molecule has 2 aromatic rings. The maximum atomic E-state index is 11.9. The van der Waals surface area contributed by atoms with Gasteiger partial charge in [-0.25, -0.2) is 0 Å². The summed E-state index contributed by atoms with van der Waals surface area (Å²) >= 11 is 0. The van der Waals surface area contributed by atoms with Gasteiger partial charge in [-0.3, -0.25) is 4.79 Å². The number of anilines is 1. The Morgan fingerprint density at radius 1 is 0.818 bits per heavy atom. The maximum Gasteiger partial charge on any atom is 0.273 e. The predicted octanol–water partition coefficient (Wildman–Crippen LogP) is 8.94. The molecule has 1 aliphatic rings. The summed E-state index contributed by atoms with van der Waals surface area (Å²) in [4.78, 5) is 21.8. The molecule has 0 atom stereocenters. The van der Waals surface area contributed by atoms with E-state index in [9.17, 15) is 4.79 Å². The van der Waals surface area contributed by atoms with Crippen molar-refractivity contribution in [1.82, 2.24) is 14.9 Å². The third kappa shape index (κ3) is 15.2. The fraction of sp³-hybridized carbons (Fsp3) is 0.679. The van der Waals surface area contributed by atoms with E-state index in [0.29, 0.717) is 12.4 Å². The van der Waals surface area contributed by atoms with E-state index < -0.39 is 0 Å². The lowest BCUT2D eigenvalue weighted by atomic mass is 10.2. The van der Waals surface area contributed by atoms with Gasteiger partial charge in [0.2, 0.25) is 0 Å². The van der Waals surface area contributed by atoms with Gasteiger partial charge in [0, 0.05) is 25.7 Å². The van der Waals surface area contributed by atoms with Crippen LogP contribution in [0.1, 0.15) is 119 Å². The minimum atomic E-state index is 0.0488. The molecule has 1 aliphatic heterocycles. The normalized spacial score (nSPS) is 10.0. The van der Waals surface area contributed by atoms with Crippen molar-refractivity contribution in [3.63, 3.8) is 0 Å². The minimum Gasteiger partial charge on any atom is -0.354 e. The Morgan fingerprint density at radius 3 is 1.64 bits per heavy atom.